The quantitative estimate of drug-likeness (QED) is 0.364. The van der Waals surface area contributed by atoms with Gasteiger partial charge in [-0.1, -0.05) is 31.8 Å². The first-order valence-electron chi connectivity index (χ1n) is 4.74. The summed E-state index contributed by atoms with van der Waals surface area (Å²) in [7, 11) is -1.11. The largest absolute Gasteiger partial charge is 0.451 e. The second-order valence-corrected chi connectivity index (χ2v) is 3.11. The molecule has 4 heteroatoms. The maximum Gasteiger partial charge on any atom is 0.451 e. The zero-order valence-electron chi connectivity index (χ0n) is 8.11. The van der Waals surface area contributed by atoms with Gasteiger partial charge in [-0.3, -0.25) is 0 Å². The number of hydrogen-bond donors (Lipinski definition) is 2. The molecule has 2 nitrogen and oxygen atoms in total. The Kier molecular flexibility index (Phi) is 14.3. The summed E-state index contributed by atoms with van der Waals surface area (Å²) < 4.78 is 0. The summed E-state index contributed by atoms with van der Waals surface area (Å²) in [5.74, 6) is 0. The predicted octanol–water partition coefficient (Wildman–Crippen LogP) is 2.41. The van der Waals surface area contributed by atoms with E-state index < -0.39 is 7.12 Å². The van der Waals surface area contributed by atoms with Crippen LogP contribution in [-0.4, -0.2) is 17.2 Å². The lowest BCUT2D eigenvalue weighted by molar-refractivity contribution is 0.401. The second kappa shape index (κ2) is 12.0. The minimum absolute atomic E-state index is 0. The summed E-state index contributed by atoms with van der Waals surface area (Å²) in [6.45, 7) is 3.65. The lowest BCUT2D eigenvalue weighted by Gasteiger charge is -1.99. The smallest absolute Gasteiger partial charge is 0.427 e. The molecular weight excluding hydrogens is 186 g/mol. The van der Waals surface area contributed by atoms with Crippen molar-refractivity contribution in [1.82, 2.24) is 0 Å². The molecule has 0 spiro atoms. The summed E-state index contributed by atoms with van der Waals surface area (Å²) in [5, 5.41) is 17.1. The van der Waals surface area contributed by atoms with Crippen LogP contribution >= 0.6 is 12.4 Å². The van der Waals surface area contributed by atoms with Gasteiger partial charge in [-0.15, -0.1) is 19.0 Å². The second-order valence-electron chi connectivity index (χ2n) is 3.11. The van der Waals surface area contributed by atoms with Crippen LogP contribution in [0.15, 0.2) is 12.7 Å². The average molecular weight is 207 g/mol. The Labute approximate surface area is 87.6 Å². The van der Waals surface area contributed by atoms with Crippen molar-refractivity contribution < 1.29 is 10.0 Å². The molecule has 0 aromatic carbocycles. The standard InChI is InChI=1S/C9H19BO2.ClH/c1-2-3-4-5-6-7-8-9-10(11)12;/h2,11-12H,1,3-9H2;1H. The number of hydrogen-bond acceptors (Lipinski definition) is 2. The monoisotopic (exact) mass is 206 g/mol. The summed E-state index contributed by atoms with van der Waals surface area (Å²) in [6.07, 6.45) is 9.22. The minimum atomic E-state index is -1.11. The van der Waals surface area contributed by atoms with E-state index in [1.807, 2.05) is 6.08 Å². The molecule has 0 aliphatic rings. The van der Waals surface area contributed by atoms with E-state index in [2.05, 4.69) is 6.58 Å². The predicted molar refractivity (Wildman–Crippen MR) is 60.1 cm³/mol. The molecule has 13 heavy (non-hydrogen) atoms. The van der Waals surface area contributed by atoms with E-state index in [1.54, 1.807) is 0 Å². The Morgan fingerprint density at radius 3 is 2.08 bits per heavy atom. The molecule has 0 unspecified atom stereocenters. The summed E-state index contributed by atoms with van der Waals surface area (Å²) in [4.78, 5) is 0. The first kappa shape index (κ1) is 15.5. The number of halogens is 1. The van der Waals surface area contributed by atoms with Crippen LogP contribution in [0.4, 0.5) is 0 Å². The SMILES string of the molecule is C=CCCCCCCCB(O)O.Cl. The molecule has 0 heterocycles. The fraction of sp³-hybridized carbons (Fsp3) is 0.778. The van der Waals surface area contributed by atoms with Crippen LogP contribution in [0.5, 0.6) is 0 Å². The van der Waals surface area contributed by atoms with Crippen molar-refractivity contribution >= 4 is 19.5 Å². The van der Waals surface area contributed by atoms with Crippen molar-refractivity contribution in [2.45, 2.75) is 44.8 Å². The molecule has 78 valence electrons. The molecule has 0 aliphatic heterocycles. The molecular formula is C9H20BClO2. The van der Waals surface area contributed by atoms with E-state index in [4.69, 9.17) is 10.0 Å². The summed E-state index contributed by atoms with van der Waals surface area (Å²) >= 11 is 0. The van der Waals surface area contributed by atoms with Gasteiger partial charge < -0.3 is 10.0 Å². The Morgan fingerprint density at radius 2 is 1.54 bits per heavy atom. The number of allylic oxidation sites excluding steroid dienone is 1. The van der Waals surface area contributed by atoms with E-state index in [0.717, 1.165) is 19.3 Å². The third-order valence-corrected chi connectivity index (χ3v) is 1.87. The zero-order valence-corrected chi connectivity index (χ0v) is 8.93. The van der Waals surface area contributed by atoms with Gasteiger partial charge in [0.05, 0.1) is 0 Å². The first-order valence-corrected chi connectivity index (χ1v) is 4.74. The molecule has 0 bridgehead atoms. The van der Waals surface area contributed by atoms with Crippen molar-refractivity contribution in [2.24, 2.45) is 0 Å². The number of rotatable bonds is 8. The molecule has 0 aromatic heterocycles. The third kappa shape index (κ3) is 14.8. The van der Waals surface area contributed by atoms with Gasteiger partial charge in [-0.25, -0.2) is 0 Å². The topological polar surface area (TPSA) is 40.5 Å². The normalized spacial score (nSPS) is 9.08. The van der Waals surface area contributed by atoms with E-state index >= 15 is 0 Å². The van der Waals surface area contributed by atoms with Crippen LogP contribution in [0.2, 0.25) is 6.32 Å². The fourth-order valence-corrected chi connectivity index (χ4v) is 1.15. The van der Waals surface area contributed by atoms with Crippen molar-refractivity contribution in [3.8, 4) is 0 Å². The van der Waals surface area contributed by atoms with Crippen LogP contribution in [0.3, 0.4) is 0 Å². The van der Waals surface area contributed by atoms with E-state index in [0.29, 0.717) is 6.32 Å². The third-order valence-electron chi connectivity index (χ3n) is 1.87. The molecule has 0 atom stereocenters. The highest BCUT2D eigenvalue weighted by Gasteiger charge is 2.04. The van der Waals surface area contributed by atoms with E-state index in [-0.39, 0.29) is 12.4 Å². The molecule has 0 aliphatic carbocycles. The van der Waals surface area contributed by atoms with Crippen molar-refractivity contribution in [3.63, 3.8) is 0 Å². The zero-order chi connectivity index (χ0) is 9.23. The van der Waals surface area contributed by atoms with Gasteiger partial charge in [0.2, 0.25) is 0 Å². The van der Waals surface area contributed by atoms with Gasteiger partial charge in [0.25, 0.3) is 0 Å². The van der Waals surface area contributed by atoms with Gasteiger partial charge in [0.15, 0.2) is 0 Å². The van der Waals surface area contributed by atoms with Gasteiger partial charge in [0, 0.05) is 0 Å². The molecule has 2 N–H and O–H groups in total. The van der Waals surface area contributed by atoms with Gasteiger partial charge >= 0.3 is 7.12 Å². The van der Waals surface area contributed by atoms with Gasteiger partial charge in [-0.2, -0.15) is 0 Å². The van der Waals surface area contributed by atoms with Gasteiger partial charge in [0.1, 0.15) is 0 Å². The maximum absolute atomic E-state index is 8.54. The van der Waals surface area contributed by atoms with Gasteiger partial charge in [-0.05, 0) is 19.2 Å². The maximum atomic E-state index is 8.54. The van der Waals surface area contributed by atoms with Crippen LogP contribution in [0.25, 0.3) is 0 Å². The Morgan fingerprint density at radius 1 is 1.00 bits per heavy atom. The lowest BCUT2D eigenvalue weighted by atomic mass is 9.83. The lowest BCUT2D eigenvalue weighted by Crippen LogP contribution is -2.09. The molecule has 0 saturated carbocycles. The highest BCUT2D eigenvalue weighted by molar-refractivity contribution is 6.40. The molecule has 0 saturated heterocycles. The summed E-state index contributed by atoms with van der Waals surface area (Å²) in [5.41, 5.74) is 0. The Balaban J connectivity index is 0. The van der Waals surface area contributed by atoms with Crippen molar-refractivity contribution in [2.75, 3.05) is 0 Å². The first-order chi connectivity index (χ1) is 5.77. The molecule has 0 fully saturated rings. The average Bonchev–Trinajstić information content (AvgIpc) is 2.02. The fourth-order valence-electron chi connectivity index (χ4n) is 1.15. The molecule has 0 aromatic rings. The molecule has 0 rings (SSSR count). The molecule has 0 radical (unpaired) electrons. The van der Waals surface area contributed by atoms with E-state index in [1.165, 1.54) is 19.3 Å². The highest BCUT2D eigenvalue weighted by Crippen LogP contribution is 2.07. The van der Waals surface area contributed by atoms with Crippen LogP contribution in [0, 0.1) is 0 Å². The highest BCUT2D eigenvalue weighted by atomic mass is 35.5. The van der Waals surface area contributed by atoms with Crippen LogP contribution in [-0.2, 0) is 0 Å². The van der Waals surface area contributed by atoms with Crippen LogP contribution in [0.1, 0.15) is 38.5 Å². The van der Waals surface area contributed by atoms with Crippen molar-refractivity contribution in [1.29, 1.82) is 0 Å². The summed E-state index contributed by atoms with van der Waals surface area (Å²) in [6, 6.07) is 0. The Hall–Kier alpha value is 0.0149. The van der Waals surface area contributed by atoms with Crippen LogP contribution < -0.4 is 0 Å². The Bertz CT molecular complexity index is 110. The molecule has 0 amide bonds. The van der Waals surface area contributed by atoms with Crippen molar-refractivity contribution in [3.05, 3.63) is 12.7 Å². The van der Waals surface area contributed by atoms with E-state index in [9.17, 15) is 0 Å². The minimum Gasteiger partial charge on any atom is -0.427 e. The number of unbranched alkanes of at least 4 members (excludes halogenated alkanes) is 5.